The lowest BCUT2D eigenvalue weighted by atomic mass is 10.1. The fraction of sp³-hybridized carbons (Fsp3) is 0.500. The molecule has 2 aromatic heterocycles. The number of fused-ring (bicyclic) bond motifs is 1. The standard InChI is InChI=1S/C10H14N4O3/c15-2-1-7(4-16)3-14-6-13-8-9(14)11-5-12-10(8)17/h5-7,15-16H,1-4H2,(H,11,12,17)/t7-/m1/s1. The van der Waals surface area contributed by atoms with Crippen molar-refractivity contribution in [2.45, 2.75) is 13.0 Å². The van der Waals surface area contributed by atoms with Crippen LogP contribution in [-0.2, 0) is 6.54 Å². The van der Waals surface area contributed by atoms with Crippen LogP contribution in [0.1, 0.15) is 6.42 Å². The Balaban J connectivity index is 2.30. The van der Waals surface area contributed by atoms with Gasteiger partial charge in [-0.25, -0.2) is 9.97 Å². The molecule has 2 rings (SSSR count). The molecule has 0 radical (unpaired) electrons. The lowest BCUT2D eigenvalue weighted by molar-refractivity contribution is 0.171. The first-order valence-electron chi connectivity index (χ1n) is 5.36. The lowest BCUT2D eigenvalue weighted by Gasteiger charge is -2.13. The minimum Gasteiger partial charge on any atom is -0.396 e. The van der Waals surface area contributed by atoms with Crippen LogP contribution in [-0.4, -0.2) is 42.9 Å². The summed E-state index contributed by atoms with van der Waals surface area (Å²) in [5.74, 6) is -0.0708. The second-order valence-corrected chi connectivity index (χ2v) is 3.86. The fourth-order valence-electron chi connectivity index (χ4n) is 1.73. The van der Waals surface area contributed by atoms with Gasteiger partial charge in [-0.3, -0.25) is 4.79 Å². The summed E-state index contributed by atoms with van der Waals surface area (Å²) < 4.78 is 1.71. The van der Waals surface area contributed by atoms with E-state index >= 15 is 0 Å². The predicted octanol–water partition coefficient (Wildman–Crippen LogP) is -0.890. The Bertz CT molecular complexity index is 548. The smallest absolute Gasteiger partial charge is 0.278 e. The molecule has 1 atom stereocenters. The molecule has 17 heavy (non-hydrogen) atoms. The monoisotopic (exact) mass is 238 g/mol. The summed E-state index contributed by atoms with van der Waals surface area (Å²) in [6.07, 6.45) is 3.34. The van der Waals surface area contributed by atoms with Gasteiger partial charge in [-0.15, -0.1) is 0 Å². The van der Waals surface area contributed by atoms with Gasteiger partial charge in [0.2, 0.25) is 0 Å². The molecule has 0 amide bonds. The molecule has 0 bridgehead atoms. The number of nitrogens with one attached hydrogen (secondary N) is 1. The zero-order valence-electron chi connectivity index (χ0n) is 9.20. The van der Waals surface area contributed by atoms with E-state index in [0.717, 1.165) is 0 Å². The molecule has 0 saturated carbocycles. The lowest BCUT2D eigenvalue weighted by Crippen LogP contribution is -2.16. The zero-order valence-corrected chi connectivity index (χ0v) is 9.20. The first-order chi connectivity index (χ1) is 8.26. The summed E-state index contributed by atoms with van der Waals surface area (Å²) in [6.45, 7) is 0.472. The highest BCUT2D eigenvalue weighted by molar-refractivity contribution is 5.68. The largest absolute Gasteiger partial charge is 0.396 e. The molecule has 0 unspecified atom stereocenters. The van der Waals surface area contributed by atoms with Crippen LogP contribution in [0.4, 0.5) is 0 Å². The quantitative estimate of drug-likeness (QED) is 0.627. The Morgan fingerprint density at radius 2 is 2.24 bits per heavy atom. The first-order valence-corrected chi connectivity index (χ1v) is 5.36. The van der Waals surface area contributed by atoms with Crippen molar-refractivity contribution in [1.82, 2.24) is 19.5 Å². The summed E-state index contributed by atoms with van der Waals surface area (Å²) in [5, 5.41) is 18.0. The third-order valence-corrected chi connectivity index (χ3v) is 2.66. The van der Waals surface area contributed by atoms with Crippen LogP contribution in [0.3, 0.4) is 0 Å². The molecule has 0 fully saturated rings. The highest BCUT2D eigenvalue weighted by Crippen LogP contribution is 2.10. The van der Waals surface area contributed by atoms with Gasteiger partial charge in [-0.05, 0) is 6.42 Å². The Morgan fingerprint density at radius 1 is 1.41 bits per heavy atom. The molecule has 0 saturated heterocycles. The van der Waals surface area contributed by atoms with Crippen molar-refractivity contribution in [3.05, 3.63) is 23.0 Å². The molecular formula is C10H14N4O3. The number of hydrogen-bond acceptors (Lipinski definition) is 5. The van der Waals surface area contributed by atoms with Gasteiger partial charge in [0.25, 0.3) is 5.56 Å². The molecule has 92 valence electrons. The molecule has 3 N–H and O–H groups in total. The number of imidazole rings is 1. The molecule has 0 aliphatic rings. The molecule has 0 aliphatic heterocycles. The number of hydrogen-bond donors (Lipinski definition) is 3. The van der Waals surface area contributed by atoms with Gasteiger partial charge in [0.15, 0.2) is 11.2 Å². The molecule has 2 aromatic rings. The number of aromatic amines is 1. The average Bonchev–Trinajstić information content (AvgIpc) is 2.73. The number of aliphatic hydroxyl groups excluding tert-OH is 2. The maximum absolute atomic E-state index is 11.4. The van der Waals surface area contributed by atoms with E-state index in [1.54, 1.807) is 4.57 Å². The van der Waals surface area contributed by atoms with E-state index in [1.165, 1.54) is 12.7 Å². The average molecular weight is 238 g/mol. The van der Waals surface area contributed by atoms with Gasteiger partial charge >= 0.3 is 0 Å². The molecule has 0 aromatic carbocycles. The van der Waals surface area contributed by atoms with Crippen LogP contribution in [0.2, 0.25) is 0 Å². The topological polar surface area (TPSA) is 104 Å². The second-order valence-electron chi connectivity index (χ2n) is 3.86. The molecule has 2 heterocycles. The van der Waals surface area contributed by atoms with E-state index in [2.05, 4.69) is 15.0 Å². The van der Waals surface area contributed by atoms with E-state index in [9.17, 15) is 4.79 Å². The third kappa shape index (κ3) is 2.34. The van der Waals surface area contributed by atoms with E-state index in [1.807, 2.05) is 0 Å². The van der Waals surface area contributed by atoms with Gasteiger partial charge in [0, 0.05) is 25.7 Å². The van der Waals surface area contributed by atoms with Gasteiger partial charge in [0.1, 0.15) is 0 Å². The van der Waals surface area contributed by atoms with Crippen molar-refractivity contribution in [3.8, 4) is 0 Å². The van der Waals surface area contributed by atoms with Crippen molar-refractivity contribution >= 4 is 11.2 Å². The highest BCUT2D eigenvalue weighted by atomic mass is 16.3. The molecule has 0 aliphatic carbocycles. The zero-order chi connectivity index (χ0) is 12.3. The summed E-state index contributed by atoms with van der Waals surface area (Å²) >= 11 is 0. The number of aromatic nitrogens is 4. The SMILES string of the molecule is O=c1[nH]cnc2c1ncn2C[C@H](CO)CCO. The predicted molar refractivity (Wildman–Crippen MR) is 60.4 cm³/mol. The maximum Gasteiger partial charge on any atom is 0.278 e. The van der Waals surface area contributed by atoms with Crippen molar-refractivity contribution in [2.24, 2.45) is 5.92 Å². The molecule has 7 nitrogen and oxygen atoms in total. The second kappa shape index (κ2) is 5.07. The van der Waals surface area contributed by atoms with E-state index < -0.39 is 0 Å². The number of H-pyrrole nitrogens is 1. The Hall–Kier alpha value is -1.73. The van der Waals surface area contributed by atoms with Gasteiger partial charge in [0.05, 0.1) is 12.7 Å². The molecule has 0 spiro atoms. The Kier molecular flexibility index (Phi) is 3.50. The number of rotatable bonds is 5. The molecule has 7 heteroatoms. The highest BCUT2D eigenvalue weighted by Gasteiger charge is 2.12. The van der Waals surface area contributed by atoms with E-state index in [0.29, 0.717) is 18.6 Å². The van der Waals surface area contributed by atoms with Crippen molar-refractivity contribution in [2.75, 3.05) is 13.2 Å². The van der Waals surface area contributed by atoms with Crippen LogP contribution in [0.15, 0.2) is 17.4 Å². The summed E-state index contributed by atoms with van der Waals surface area (Å²) in [6, 6.07) is 0. The van der Waals surface area contributed by atoms with E-state index in [4.69, 9.17) is 10.2 Å². The van der Waals surface area contributed by atoms with E-state index in [-0.39, 0.29) is 30.2 Å². The Labute approximate surface area is 96.8 Å². The van der Waals surface area contributed by atoms with Crippen LogP contribution >= 0.6 is 0 Å². The minimum absolute atomic E-state index is 0.0197. The minimum atomic E-state index is -0.281. The van der Waals surface area contributed by atoms with Crippen LogP contribution in [0.5, 0.6) is 0 Å². The van der Waals surface area contributed by atoms with Crippen LogP contribution in [0, 0.1) is 5.92 Å². The normalized spacial score (nSPS) is 13.1. The molecular weight excluding hydrogens is 224 g/mol. The van der Waals surface area contributed by atoms with Crippen molar-refractivity contribution in [1.29, 1.82) is 0 Å². The summed E-state index contributed by atoms with van der Waals surface area (Å²) in [5.41, 5.74) is 0.495. The maximum atomic E-state index is 11.4. The van der Waals surface area contributed by atoms with Gasteiger partial charge in [-0.1, -0.05) is 0 Å². The Morgan fingerprint density at radius 3 is 2.94 bits per heavy atom. The first kappa shape index (κ1) is 11.7. The number of nitrogens with zero attached hydrogens (tertiary/aromatic N) is 3. The van der Waals surface area contributed by atoms with Crippen molar-refractivity contribution < 1.29 is 10.2 Å². The van der Waals surface area contributed by atoms with Gasteiger partial charge < -0.3 is 19.8 Å². The third-order valence-electron chi connectivity index (χ3n) is 2.66. The van der Waals surface area contributed by atoms with Crippen LogP contribution < -0.4 is 5.56 Å². The van der Waals surface area contributed by atoms with Crippen LogP contribution in [0.25, 0.3) is 11.2 Å². The van der Waals surface area contributed by atoms with Gasteiger partial charge in [-0.2, -0.15) is 0 Å². The summed E-state index contributed by atoms with van der Waals surface area (Å²) in [7, 11) is 0. The van der Waals surface area contributed by atoms with Crippen molar-refractivity contribution in [3.63, 3.8) is 0 Å². The number of aliphatic hydroxyl groups is 2. The fourth-order valence-corrected chi connectivity index (χ4v) is 1.73. The summed E-state index contributed by atoms with van der Waals surface area (Å²) in [4.78, 5) is 21.9.